The lowest BCUT2D eigenvalue weighted by Crippen LogP contribution is -2.44. The molecule has 2 N–H and O–H groups in total. The number of rotatable bonds is 15. The summed E-state index contributed by atoms with van der Waals surface area (Å²) in [4.78, 5) is 58.1. The molecule has 20 heteroatoms. The Morgan fingerprint density at radius 2 is 0.797 bits per heavy atom. The highest BCUT2D eigenvalue weighted by atomic mass is 32.1. The van der Waals surface area contributed by atoms with Crippen LogP contribution in [0.3, 0.4) is 0 Å². The standard InChI is InChI=1S/C44H48F6N8O4S2/c45-29-25-35(33(49)37(31(29)47)53-19-13-51-14-20-53)57(23-9-10-23)43-27(39(25)59)41(61)55(63-43)17-7-5-3-1-2-4-6-8-18-56-42(62)28-40(60)26-30(46)32(48)38(54-21-15-52-16-22-54)34(50)36(26)58(24-11-12-24)44(28)64-56/h23-24,51-52H,1-22H2. The fourth-order valence-electron chi connectivity index (χ4n) is 9.68. The predicted octanol–water partition coefficient (Wildman–Crippen LogP) is 7.21. The highest BCUT2D eigenvalue weighted by Crippen LogP contribution is 2.45. The molecule has 0 unspecified atom stereocenters. The number of hydrogen-bond donors (Lipinski definition) is 2. The number of hydrogen-bond acceptors (Lipinski definition) is 10. The smallest absolute Gasteiger partial charge is 0.274 e. The largest absolute Gasteiger partial charge is 0.364 e. The van der Waals surface area contributed by atoms with Crippen molar-refractivity contribution in [2.75, 3.05) is 62.2 Å². The zero-order valence-electron chi connectivity index (χ0n) is 35.1. The van der Waals surface area contributed by atoms with Gasteiger partial charge in [-0.2, -0.15) is 0 Å². The highest BCUT2D eigenvalue weighted by Gasteiger charge is 2.37. The van der Waals surface area contributed by atoms with Crippen molar-refractivity contribution in [1.82, 2.24) is 27.7 Å². The summed E-state index contributed by atoms with van der Waals surface area (Å²) in [6, 6.07) is -0.465. The summed E-state index contributed by atoms with van der Waals surface area (Å²) in [5.41, 5.74) is -4.68. The first-order valence-corrected chi connectivity index (χ1v) is 24.0. The summed E-state index contributed by atoms with van der Waals surface area (Å²) in [5.74, 6) is -7.66. The Hall–Kier alpha value is -4.66. The molecule has 2 aliphatic carbocycles. The molecule has 0 atom stereocenters. The zero-order chi connectivity index (χ0) is 44.6. The van der Waals surface area contributed by atoms with Gasteiger partial charge in [-0.15, -0.1) is 0 Å². The van der Waals surface area contributed by atoms with Gasteiger partial charge < -0.3 is 29.6 Å². The molecule has 2 saturated carbocycles. The van der Waals surface area contributed by atoms with E-state index < -0.39 is 79.0 Å². The Labute approximate surface area is 369 Å². The topological polar surface area (TPSA) is 119 Å². The molecule has 0 bridgehead atoms. The van der Waals surface area contributed by atoms with Crippen LogP contribution in [0.25, 0.3) is 42.2 Å². The van der Waals surface area contributed by atoms with Crippen molar-refractivity contribution >= 4 is 76.7 Å². The second kappa shape index (κ2) is 17.3. The van der Waals surface area contributed by atoms with Gasteiger partial charge in [-0.05, 0) is 61.6 Å². The van der Waals surface area contributed by atoms with Crippen LogP contribution in [0.4, 0.5) is 37.7 Å². The minimum atomic E-state index is -1.43. The average Bonchev–Trinajstić information content (AvgIpc) is 4.24. The van der Waals surface area contributed by atoms with E-state index in [2.05, 4.69) is 10.6 Å². The summed E-state index contributed by atoms with van der Waals surface area (Å²) in [5, 5.41) is 4.31. The maximum absolute atomic E-state index is 16.3. The number of fused-ring (bicyclic) bond motifs is 4. The first-order valence-electron chi connectivity index (χ1n) is 22.5. The van der Waals surface area contributed by atoms with E-state index in [0.717, 1.165) is 61.6 Å². The van der Waals surface area contributed by atoms with Crippen molar-refractivity contribution in [3.8, 4) is 0 Å². The zero-order valence-corrected chi connectivity index (χ0v) is 36.7. The van der Waals surface area contributed by atoms with Gasteiger partial charge in [0.05, 0.1) is 21.8 Å². The molecule has 6 aromatic rings. The molecule has 4 fully saturated rings. The summed E-state index contributed by atoms with van der Waals surface area (Å²) in [6.45, 7) is 3.63. The van der Waals surface area contributed by atoms with Gasteiger partial charge in [0.25, 0.3) is 11.1 Å². The average molecular weight is 931 g/mol. The predicted molar refractivity (Wildman–Crippen MR) is 239 cm³/mol. The number of piperazine rings is 2. The second-order valence-electron chi connectivity index (χ2n) is 17.5. The number of halogens is 6. The Balaban J connectivity index is 0.776. The van der Waals surface area contributed by atoms with E-state index in [1.807, 2.05) is 0 Å². The maximum atomic E-state index is 16.3. The molecular formula is C44H48F6N8O4S2. The van der Waals surface area contributed by atoms with Crippen molar-refractivity contribution in [3.05, 3.63) is 76.1 Å². The molecule has 342 valence electrons. The monoisotopic (exact) mass is 930 g/mol. The molecule has 0 spiro atoms. The first-order chi connectivity index (χ1) is 31.0. The Bertz CT molecular complexity index is 2880. The molecule has 64 heavy (non-hydrogen) atoms. The van der Waals surface area contributed by atoms with E-state index >= 15 is 26.3 Å². The number of benzene rings is 2. The molecule has 4 aromatic heterocycles. The van der Waals surface area contributed by atoms with E-state index in [9.17, 15) is 19.2 Å². The third-order valence-corrected chi connectivity index (χ3v) is 15.5. The summed E-state index contributed by atoms with van der Waals surface area (Å²) < 4.78 is 101. The molecule has 6 heterocycles. The SMILES string of the molecule is O=c1c2c(F)c(F)c(N3CCNCC3)c(F)c2n(C2CC2)c2sn(CCCCCCCCCCn3sc4c(c(=O)c5c(F)c(F)c(N6CCNCC6)c(F)c5n4C4CC4)c3=O)c(=O)c12. The molecule has 0 amide bonds. The minimum Gasteiger partial charge on any atom is -0.364 e. The Morgan fingerprint density at radius 3 is 1.14 bits per heavy atom. The fourth-order valence-corrected chi connectivity index (χ4v) is 12.1. The van der Waals surface area contributed by atoms with Crippen LogP contribution in [-0.2, 0) is 13.1 Å². The molecule has 4 aliphatic rings. The number of anilines is 2. The Morgan fingerprint density at radius 1 is 0.453 bits per heavy atom. The molecule has 2 aliphatic heterocycles. The molecule has 10 rings (SSSR count). The lowest BCUT2D eigenvalue weighted by Gasteiger charge is -2.30. The molecule has 12 nitrogen and oxygen atoms in total. The summed E-state index contributed by atoms with van der Waals surface area (Å²) in [7, 11) is 0. The van der Waals surface area contributed by atoms with Crippen LogP contribution in [0.1, 0.15) is 89.1 Å². The molecular weight excluding hydrogens is 883 g/mol. The third kappa shape index (κ3) is 7.26. The first kappa shape index (κ1) is 43.2. The number of aromatic nitrogens is 4. The van der Waals surface area contributed by atoms with Crippen molar-refractivity contribution in [2.45, 2.75) is 102 Å². The maximum Gasteiger partial charge on any atom is 0.274 e. The molecule has 0 radical (unpaired) electrons. The van der Waals surface area contributed by atoms with E-state index in [4.69, 9.17) is 0 Å². The molecule has 2 saturated heterocycles. The normalized spacial score (nSPS) is 17.3. The van der Waals surface area contributed by atoms with Gasteiger partial charge in [0.15, 0.2) is 34.9 Å². The van der Waals surface area contributed by atoms with Crippen LogP contribution in [0, 0.1) is 34.9 Å². The quantitative estimate of drug-likeness (QED) is 0.0631. The fraction of sp³-hybridized carbons (Fsp3) is 0.545. The van der Waals surface area contributed by atoms with Crippen molar-refractivity contribution in [3.63, 3.8) is 0 Å². The number of nitrogens with one attached hydrogen (secondary N) is 2. The molecule has 2 aromatic carbocycles. The van der Waals surface area contributed by atoms with Crippen LogP contribution in [0.15, 0.2) is 19.2 Å². The van der Waals surface area contributed by atoms with Gasteiger partial charge in [-0.1, -0.05) is 38.5 Å². The highest BCUT2D eigenvalue weighted by molar-refractivity contribution is 7.13. The van der Waals surface area contributed by atoms with Crippen molar-refractivity contribution in [2.24, 2.45) is 0 Å². The van der Waals surface area contributed by atoms with Crippen LogP contribution < -0.4 is 42.4 Å². The summed E-state index contributed by atoms with van der Waals surface area (Å²) >= 11 is 2.13. The van der Waals surface area contributed by atoms with Crippen LogP contribution in [0.5, 0.6) is 0 Å². The van der Waals surface area contributed by atoms with Gasteiger partial charge in [0, 0.05) is 77.5 Å². The lowest BCUT2D eigenvalue weighted by atomic mass is 10.1. The van der Waals surface area contributed by atoms with E-state index in [0.29, 0.717) is 77.8 Å². The number of pyridine rings is 2. The van der Waals surface area contributed by atoms with Gasteiger partial charge >= 0.3 is 0 Å². The van der Waals surface area contributed by atoms with Gasteiger partial charge in [-0.3, -0.25) is 27.1 Å². The van der Waals surface area contributed by atoms with E-state index in [1.54, 1.807) is 9.13 Å². The van der Waals surface area contributed by atoms with Crippen molar-refractivity contribution < 1.29 is 26.3 Å². The van der Waals surface area contributed by atoms with Crippen LogP contribution in [0.2, 0.25) is 0 Å². The Kier molecular flexibility index (Phi) is 11.7. The van der Waals surface area contributed by atoms with Gasteiger partial charge in [-0.25, -0.2) is 26.3 Å². The third-order valence-electron chi connectivity index (χ3n) is 13.2. The second-order valence-corrected chi connectivity index (χ2v) is 19.6. The lowest BCUT2D eigenvalue weighted by molar-refractivity contribution is 0.490. The van der Waals surface area contributed by atoms with Gasteiger partial charge in [0.1, 0.15) is 31.8 Å². The summed E-state index contributed by atoms with van der Waals surface area (Å²) in [6.07, 6.45) is 9.11. The van der Waals surface area contributed by atoms with Crippen LogP contribution in [-0.4, -0.2) is 69.4 Å². The van der Waals surface area contributed by atoms with E-state index in [-0.39, 0.29) is 69.7 Å². The minimum absolute atomic E-state index is 0.232. The number of nitrogens with zero attached hydrogens (tertiary/aromatic N) is 6. The van der Waals surface area contributed by atoms with Gasteiger partial charge in [0.2, 0.25) is 10.9 Å². The number of aryl methyl sites for hydroxylation is 2. The van der Waals surface area contributed by atoms with Crippen LogP contribution >= 0.6 is 23.1 Å². The number of unbranched alkanes of at least 4 members (excludes halogenated alkanes) is 7. The van der Waals surface area contributed by atoms with E-state index in [1.165, 1.54) is 17.7 Å². The van der Waals surface area contributed by atoms with Crippen molar-refractivity contribution in [1.29, 1.82) is 0 Å².